The van der Waals surface area contributed by atoms with Crippen LogP contribution in [-0.2, 0) is 10.0 Å². The molecule has 0 bridgehead atoms. The quantitative estimate of drug-likeness (QED) is 0.844. The third-order valence-electron chi connectivity index (χ3n) is 4.00. The standard InChI is InChI=1S/C17H16Cl2N2O3S/c18-13-5-8-15(19)16(11-13)20-17(22)12-3-6-14(7-4-12)25(23,24)21-9-1-2-10-21/h3-8,11H,1-2,9-10H2,(H,20,22). The van der Waals surface area contributed by atoms with Crippen molar-refractivity contribution in [3.8, 4) is 0 Å². The van der Waals surface area contributed by atoms with Crippen LogP contribution < -0.4 is 5.32 Å². The van der Waals surface area contributed by atoms with E-state index in [1.54, 1.807) is 18.2 Å². The highest BCUT2D eigenvalue weighted by Crippen LogP contribution is 2.26. The van der Waals surface area contributed by atoms with Gasteiger partial charge in [0.2, 0.25) is 10.0 Å². The Labute approximate surface area is 156 Å². The van der Waals surface area contributed by atoms with Crippen LogP contribution >= 0.6 is 23.2 Å². The van der Waals surface area contributed by atoms with Crippen molar-refractivity contribution in [2.24, 2.45) is 0 Å². The molecular weight excluding hydrogens is 383 g/mol. The van der Waals surface area contributed by atoms with Crippen molar-refractivity contribution in [3.63, 3.8) is 0 Å². The van der Waals surface area contributed by atoms with Crippen LogP contribution in [0.25, 0.3) is 0 Å². The Morgan fingerprint density at radius 2 is 1.64 bits per heavy atom. The van der Waals surface area contributed by atoms with Crippen molar-refractivity contribution in [1.82, 2.24) is 4.31 Å². The minimum absolute atomic E-state index is 0.187. The highest BCUT2D eigenvalue weighted by atomic mass is 35.5. The molecule has 1 saturated heterocycles. The summed E-state index contributed by atoms with van der Waals surface area (Å²) in [5.74, 6) is -0.394. The summed E-state index contributed by atoms with van der Waals surface area (Å²) < 4.78 is 26.4. The number of amides is 1. The Kier molecular flexibility index (Phi) is 5.34. The van der Waals surface area contributed by atoms with E-state index in [2.05, 4.69) is 5.32 Å². The molecule has 1 heterocycles. The smallest absolute Gasteiger partial charge is 0.255 e. The van der Waals surface area contributed by atoms with Crippen LogP contribution in [-0.4, -0.2) is 31.7 Å². The maximum absolute atomic E-state index is 12.5. The van der Waals surface area contributed by atoms with Gasteiger partial charge in [0.25, 0.3) is 5.91 Å². The summed E-state index contributed by atoms with van der Waals surface area (Å²) in [6.45, 7) is 1.08. The SMILES string of the molecule is O=C(Nc1cc(Cl)ccc1Cl)c1ccc(S(=O)(=O)N2CCCC2)cc1. The molecule has 0 unspecified atom stereocenters. The van der Waals surface area contributed by atoms with E-state index in [1.165, 1.54) is 28.6 Å². The van der Waals surface area contributed by atoms with Crippen LogP contribution in [0, 0.1) is 0 Å². The van der Waals surface area contributed by atoms with Gasteiger partial charge in [0.15, 0.2) is 0 Å². The first-order chi connectivity index (χ1) is 11.9. The average Bonchev–Trinajstić information content (AvgIpc) is 3.13. The lowest BCUT2D eigenvalue weighted by Crippen LogP contribution is -2.27. The molecule has 0 aromatic heterocycles. The molecule has 1 aliphatic rings. The van der Waals surface area contributed by atoms with Gasteiger partial charge in [-0.15, -0.1) is 0 Å². The number of halogens is 2. The third kappa shape index (κ3) is 3.98. The van der Waals surface area contributed by atoms with Gasteiger partial charge in [-0.25, -0.2) is 8.42 Å². The Hall–Kier alpha value is -1.60. The molecule has 8 heteroatoms. The van der Waals surface area contributed by atoms with Gasteiger partial charge in [0, 0.05) is 23.7 Å². The molecule has 1 N–H and O–H groups in total. The number of sulfonamides is 1. The van der Waals surface area contributed by atoms with E-state index in [0.717, 1.165) is 12.8 Å². The number of carbonyl (C=O) groups excluding carboxylic acids is 1. The molecule has 1 aliphatic heterocycles. The average molecular weight is 399 g/mol. The fourth-order valence-corrected chi connectivity index (χ4v) is 4.50. The molecule has 1 fully saturated rings. The molecule has 25 heavy (non-hydrogen) atoms. The molecule has 5 nitrogen and oxygen atoms in total. The molecule has 3 rings (SSSR count). The topological polar surface area (TPSA) is 66.5 Å². The van der Waals surface area contributed by atoms with Crippen LogP contribution in [0.15, 0.2) is 47.4 Å². The summed E-state index contributed by atoms with van der Waals surface area (Å²) in [6, 6.07) is 10.6. The largest absolute Gasteiger partial charge is 0.321 e. The molecule has 2 aromatic rings. The number of hydrogen-bond donors (Lipinski definition) is 1. The predicted molar refractivity (Wildman–Crippen MR) is 98.9 cm³/mol. The van der Waals surface area contributed by atoms with Crippen molar-refractivity contribution in [3.05, 3.63) is 58.1 Å². The Bertz CT molecular complexity index is 893. The van der Waals surface area contributed by atoms with Gasteiger partial charge in [-0.1, -0.05) is 23.2 Å². The molecule has 0 saturated carbocycles. The lowest BCUT2D eigenvalue weighted by molar-refractivity contribution is 0.102. The van der Waals surface area contributed by atoms with E-state index in [9.17, 15) is 13.2 Å². The second-order valence-electron chi connectivity index (χ2n) is 5.71. The van der Waals surface area contributed by atoms with Crippen LogP contribution in [0.1, 0.15) is 23.2 Å². The van der Waals surface area contributed by atoms with E-state index < -0.39 is 15.9 Å². The van der Waals surface area contributed by atoms with E-state index in [0.29, 0.717) is 34.4 Å². The number of anilines is 1. The van der Waals surface area contributed by atoms with Gasteiger partial charge < -0.3 is 5.32 Å². The Morgan fingerprint density at radius 3 is 2.28 bits per heavy atom. The molecule has 0 atom stereocenters. The number of hydrogen-bond acceptors (Lipinski definition) is 3. The highest BCUT2D eigenvalue weighted by Gasteiger charge is 2.27. The van der Waals surface area contributed by atoms with Crippen LogP contribution in [0.4, 0.5) is 5.69 Å². The zero-order valence-electron chi connectivity index (χ0n) is 13.2. The first-order valence-electron chi connectivity index (χ1n) is 7.74. The van der Waals surface area contributed by atoms with Crippen molar-refractivity contribution < 1.29 is 13.2 Å². The van der Waals surface area contributed by atoms with E-state index in [-0.39, 0.29) is 4.90 Å². The molecular formula is C17H16Cl2N2O3S. The van der Waals surface area contributed by atoms with Gasteiger partial charge in [-0.05, 0) is 55.3 Å². The van der Waals surface area contributed by atoms with Crippen molar-refractivity contribution in [2.75, 3.05) is 18.4 Å². The molecule has 2 aromatic carbocycles. The summed E-state index contributed by atoms with van der Waals surface area (Å²) in [4.78, 5) is 12.5. The summed E-state index contributed by atoms with van der Waals surface area (Å²) >= 11 is 11.9. The number of benzene rings is 2. The monoisotopic (exact) mass is 398 g/mol. The van der Waals surface area contributed by atoms with Gasteiger partial charge in [-0.2, -0.15) is 4.31 Å². The highest BCUT2D eigenvalue weighted by molar-refractivity contribution is 7.89. The number of nitrogens with one attached hydrogen (secondary N) is 1. The lowest BCUT2D eigenvalue weighted by Gasteiger charge is -2.15. The number of carbonyl (C=O) groups is 1. The number of nitrogens with zero attached hydrogens (tertiary/aromatic N) is 1. The maximum atomic E-state index is 12.5. The fraction of sp³-hybridized carbons (Fsp3) is 0.235. The van der Waals surface area contributed by atoms with Gasteiger partial charge in [-0.3, -0.25) is 4.79 Å². The van der Waals surface area contributed by atoms with Crippen LogP contribution in [0.5, 0.6) is 0 Å². The molecule has 0 radical (unpaired) electrons. The summed E-state index contributed by atoms with van der Waals surface area (Å²) in [5.41, 5.74) is 0.726. The van der Waals surface area contributed by atoms with Crippen LogP contribution in [0.2, 0.25) is 10.0 Å². The number of rotatable bonds is 4. The fourth-order valence-electron chi connectivity index (χ4n) is 2.64. The van der Waals surface area contributed by atoms with Gasteiger partial charge >= 0.3 is 0 Å². The minimum Gasteiger partial charge on any atom is -0.321 e. The van der Waals surface area contributed by atoms with E-state index in [1.807, 2.05) is 0 Å². The predicted octanol–water partition coefficient (Wildman–Crippen LogP) is 4.03. The first kappa shape index (κ1) is 18.2. The molecule has 132 valence electrons. The second-order valence-corrected chi connectivity index (χ2v) is 8.50. The first-order valence-corrected chi connectivity index (χ1v) is 9.94. The van der Waals surface area contributed by atoms with Crippen molar-refractivity contribution >= 4 is 44.8 Å². The van der Waals surface area contributed by atoms with Gasteiger partial charge in [0.05, 0.1) is 15.6 Å². The lowest BCUT2D eigenvalue weighted by atomic mass is 10.2. The van der Waals surface area contributed by atoms with E-state index in [4.69, 9.17) is 23.2 Å². The zero-order chi connectivity index (χ0) is 18.0. The third-order valence-corrected chi connectivity index (χ3v) is 6.47. The minimum atomic E-state index is -3.49. The summed E-state index contributed by atoms with van der Waals surface area (Å²) in [5, 5.41) is 3.48. The molecule has 1 amide bonds. The van der Waals surface area contributed by atoms with Gasteiger partial charge in [0.1, 0.15) is 0 Å². The van der Waals surface area contributed by atoms with Crippen LogP contribution in [0.3, 0.4) is 0 Å². The Morgan fingerprint density at radius 1 is 1.00 bits per heavy atom. The van der Waals surface area contributed by atoms with Crippen molar-refractivity contribution in [2.45, 2.75) is 17.7 Å². The van der Waals surface area contributed by atoms with E-state index >= 15 is 0 Å². The summed E-state index contributed by atoms with van der Waals surface area (Å²) in [6.07, 6.45) is 1.75. The molecule has 0 aliphatic carbocycles. The zero-order valence-corrected chi connectivity index (χ0v) is 15.5. The second kappa shape index (κ2) is 7.33. The molecule has 0 spiro atoms. The normalized spacial score (nSPS) is 15.3. The summed E-state index contributed by atoms with van der Waals surface area (Å²) in [7, 11) is -3.49. The van der Waals surface area contributed by atoms with Crippen molar-refractivity contribution in [1.29, 1.82) is 0 Å². The maximum Gasteiger partial charge on any atom is 0.255 e. The Balaban J connectivity index is 1.78.